The monoisotopic (exact) mass is 405 g/mol. The maximum Gasteiger partial charge on any atom is 0.387 e. The molecule has 0 radical (unpaired) electrons. The molecule has 0 saturated carbocycles. The van der Waals surface area contributed by atoms with Gasteiger partial charge in [-0.15, -0.1) is 0 Å². The molecule has 2 aromatic rings. The Kier molecular flexibility index (Phi) is 6.62. The molecule has 2 aromatic carbocycles. The van der Waals surface area contributed by atoms with E-state index in [1.54, 1.807) is 18.2 Å². The van der Waals surface area contributed by atoms with Gasteiger partial charge in [0.2, 0.25) is 0 Å². The number of carbonyl (C=O) groups is 2. The molecule has 0 saturated heterocycles. The first-order chi connectivity index (χ1) is 14.0. The zero-order valence-corrected chi connectivity index (χ0v) is 15.1. The number of halogens is 2. The highest BCUT2D eigenvalue weighted by molar-refractivity contribution is 5.94. The summed E-state index contributed by atoms with van der Waals surface area (Å²) >= 11 is 0. The number of amides is 1. The van der Waals surface area contributed by atoms with Crippen LogP contribution in [0, 0.1) is 0 Å². The van der Waals surface area contributed by atoms with Crippen molar-refractivity contribution in [2.45, 2.75) is 6.61 Å². The van der Waals surface area contributed by atoms with Crippen LogP contribution in [0.4, 0.5) is 14.5 Å². The highest BCUT2D eigenvalue weighted by atomic mass is 19.3. The predicted octanol–water partition coefficient (Wildman–Crippen LogP) is 3.25. The van der Waals surface area contributed by atoms with Crippen molar-refractivity contribution in [2.24, 2.45) is 0 Å². The van der Waals surface area contributed by atoms with Gasteiger partial charge in [-0.05, 0) is 48.0 Å². The van der Waals surface area contributed by atoms with Crippen molar-refractivity contribution in [3.63, 3.8) is 0 Å². The van der Waals surface area contributed by atoms with Gasteiger partial charge in [0.1, 0.15) is 19.0 Å². The number of benzene rings is 2. The summed E-state index contributed by atoms with van der Waals surface area (Å²) in [6.07, 6.45) is 2.72. The minimum atomic E-state index is -2.93. The molecule has 0 bridgehead atoms. The van der Waals surface area contributed by atoms with Gasteiger partial charge in [0, 0.05) is 11.8 Å². The summed E-state index contributed by atoms with van der Waals surface area (Å²) in [6, 6.07) is 10.6. The summed E-state index contributed by atoms with van der Waals surface area (Å²) in [6.45, 7) is -2.48. The third kappa shape index (κ3) is 6.20. The Bertz CT molecular complexity index is 898. The van der Waals surface area contributed by atoms with Crippen LogP contribution in [0.1, 0.15) is 5.56 Å². The molecule has 9 heteroatoms. The van der Waals surface area contributed by atoms with Crippen LogP contribution in [-0.4, -0.2) is 38.3 Å². The number of anilines is 1. The summed E-state index contributed by atoms with van der Waals surface area (Å²) in [5, 5.41) is 2.47. The van der Waals surface area contributed by atoms with E-state index in [0.29, 0.717) is 36.0 Å². The van der Waals surface area contributed by atoms with Crippen LogP contribution in [0.5, 0.6) is 17.2 Å². The van der Waals surface area contributed by atoms with Crippen molar-refractivity contribution >= 4 is 23.6 Å². The minimum absolute atomic E-state index is 0.0336. The lowest BCUT2D eigenvalue weighted by Crippen LogP contribution is -2.20. The number of esters is 1. The summed E-state index contributed by atoms with van der Waals surface area (Å²) in [5.41, 5.74) is 1.06. The Labute approximate surface area is 164 Å². The average molecular weight is 405 g/mol. The van der Waals surface area contributed by atoms with Crippen LogP contribution in [-0.2, 0) is 14.3 Å². The Morgan fingerprint density at radius 3 is 2.52 bits per heavy atom. The second kappa shape index (κ2) is 9.54. The normalized spacial score (nSPS) is 12.7. The lowest BCUT2D eigenvalue weighted by Gasteiger charge is -2.18. The molecule has 1 aliphatic heterocycles. The molecule has 29 heavy (non-hydrogen) atoms. The minimum Gasteiger partial charge on any atom is -0.486 e. The van der Waals surface area contributed by atoms with Gasteiger partial charge in [-0.2, -0.15) is 8.78 Å². The standard InChI is InChI=1S/C20H17F2NO6/c21-20(22)29-15-5-3-14(4-6-15)23-18(24)12-28-19(25)8-2-13-1-7-16-17(11-13)27-10-9-26-16/h1-8,11,20H,9-10,12H2,(H,23,24)/b8-2+. The lowest BCUT2D eigenvalue weighted by atomic mass is 10.2. The molecule has 1 heterocycles. The second-order valence-corrected chi connectivity index (χ2v) is 5.80. The van der Waals surface area contributed by atoms with Crippen molar-refractivity contribution in [3.05, 3.63) is 54.1 Å². The molecule has 0 fully saturated rings. The number of nitrogens with one attached hydrogen (secondary N) is 1. The Morgan fingerprint density at radius 2 is 1.79 bits per heavy atom. The number of rotatable bonds is 7. The fourth-order valence-corrected chi connectivity index (χ4v) is 2.43. The fraction of sp³-hybridized carbons (Fsp3) is 0.200. The van der Waals surface area contributed by atoms with Crippen LogP contribution in [0.2, 0.25) is 0 Å². The number of ether oxygens (including phenoxy) is 4. The highest BCUT2D eigenvalue weighted by Gasteiger charge is 2.11. The smallest absolute Gasteiger partial charge is 0.387 e. The number of fused-ring (bicyclic) bond motifs is 1. The summed E-state index contributed by atoms with van der Waals surface area (Å²) in [5.74, 6) is -0.0735. The molecule has 7 nitrogen and oxygen atoms in total. The lowest BCUT2D eigenvalue weighted by molar-refractivity contribution is -0.142. The van der Waals surface area contributed by atoms with E-state index in [1.807, 2.05) is 0 Å². The first-order valence-corrected chi connectivity index (χ1v) is 8.59. The van der Waals surface area contributed by atoms with Gasteiger partial charge in [-0.25, -0.2) is 4.79 Å². The zero-order valence-electron chi connectivity index (χ0n) is 15.1. The first kappa shape index (κ1) is 20.1. The summed E-state index contributed by atoms with van der Waals surface area (Å²) < 4.78 is 44.1. The molecule has 0 unspecified atom stereocenters. The number of alkyl halides is 2. The van der Waals surface area contributed by atoms with Crippen LogP contribution in [0.3, 0.4) is 0 Å². The topological polar surface area (TPSA) is 83.1 Å². The van der Waals surface area contributed by atoms with E-state index in [4.69, 9.17) is 14.2 Å². The second-order valence-electron chi connectivity index (χ2n) is 5.80. The number of hydrogen-bond donors (Lipinski definition) is 1. The summed E-state index contributed by atoms with van der Waals surface area (Å²) in [7, 11) is 0. The van der Waals surface area contributed by atoms with Gasteiger partial charge >= 0.3 is 12.6 Å². The van der Waals surface area contributed by atoms with Crippen molar-refractivity contribution < 1.29 is 37.3 Å². The van der Waals surface area contributed by atoms with Crippen LogP contribution in [0.15, 0.2) is 48.5 Å². The molecule has 0 aromatic heterocycles. The third-order valence-electron chi connectivity index (χ3n) is 3.69. The first-order valence-electron chi connectivity index (χ1n) is 8.59. The maximum atomic E-state index is 12.1. The summed E-state index contributed by atoms with van der Waals surface area (Å²) in [4.78, 5) is 23.6. The van der Waals surface area contributed by atoms with E-state index < -0.39 is 25.1 Å². The van der Waals surface area contributed by atoms with Gasteiger partial charge in [0.05, 0.1) is 0 Å². The van der Waals surface area contributed by atoms with E-state index in [1.165, 1.54) is 36.4 Å². The zero-order chi connectivity index (χ0) is 20.6. The molecule has 1 aliphatic rings. The van der Waals surface area contributed by atoms with Crippen molar-refractivity contribution in [2.75, 3.05) is 25.1 Å². The number of hydrogen-bond acceptors (Lipinski definition) is 6. The van der Waals surface area contributed by atoms with Crippen LogP contribution in [0.25, 0.3) is 6.08 Å². The molecule has 0 spiro atoms. The fourth-order valence-electron chi connectivity index (χ4n) is 2.43. The molecule has 1 amide bonds. The van der Waals surface area contributed by atoms with Gasteiger partial charge in [0.25, 0.3) is 5.91 Å². The van der Waals surface area contributed by atoms with Crippen molar-refractivity contribution in [3.8, 4) is 17.2 Å². The van der Waals surface area contributed by atoms with E-state index in [9.17, 15) is 18.4 Å². The average Bonchev–Trinajstić information content (AvgIpc) is 2.71. The molecule has 0 atom stereocenters. The molecular formula is C20H17F2NO6. The third-order valence-corrected chi connectivity index (χ3v) is 3.69. The molecule has 1 N–H and O–H groups in total. The van der Waals surface area contributed by atoms with Gasteiger partial charge in [-0.1, -0.05) is 6.07 Å². The molecule has 152 valence electrons. The Morgan fingerprint density at radius 1 is 1.07 bits per heavy atom. The largest absolute Gasteiger partial charge is 0.486 e. The van der Waals surface area contributed by atoms with Gasteiger partial charge in [0.15, 0.2) is 18.1 Å². The van der Waals surface area contributed by atoms with Gasteiger partial charge in [-0.3, -0.25) is 4.79 Å². The van der Waals surface area contributed by atoms with E-state index in [-0.39, 0.29) is 5.75 Å². The number of carbonyl (C=O) groups excluding carboxylic acids is 2. The molecule has 3 rings (SSSR count). The highest BCUT2D eigenvalue weighted by Crippen LogP contribution is 2.31. The van der Waals surface area contributed by atoms with Gasteiger partial charge < -0.3 is 24.3 Å². The molecular weight excluding hydrogens is 388 g/mol. The van der Waals surface area contributed by atoms with Crippen molar-refractivity contribution in [1.82, 2.24) is 0 Å². The Balaban J connectivity index is 1.45. The SMILES string of the molecule is O=C(COC(=O)/C=C/c1ccc2c(c1)OCCO2)Nc1ccc(OC(F)F)cc1. The quantitative estimate of drug-likeness (QED) is 0.563. The Hall–Kier alpha value is -3.62. The van der Waals surface area contributed by atoms with Crippen LogP contribution < -0.4 is 19.5 Å². The van der Waals surface area contributed by atoms with E-state index in [2.05, 4.69) is 10.1 Å². The maximum absolute atomic E-state index is 12.1. The predicted molar refractivity (Wildman–Crippen MR) is 99.1 cm³/mol. The van der Waals surface area contributed by atoms with Crippen molar-refractivity contribution in [1.29, 1.82) is 0 Å². The van der Waals surface area contributed by atoms with E-state index >= 15 is 0 Å². The van der Waals surface area contributed by atoms with E-state index in [0.717, 1.165) is 0 Å². The molecule has 0 aliphatic carbocycles. The van der Waals surface area contributed by atoms with Crippen LogP contribution >= 0.6 is 0 Å².